The first-order chi connectivity index (χ1) is 0. The Bertz CT molecular complexity index is 13.5. The summed E-state index contributed by atoms with van der Waals surface area (Å²) in [5, 5.41) is 0. The first-order valence-electron chi connectivity index (χ1n) is 0. The van der Waals surface area contributed by atoms with Gasteiger partial charge in [0.2, 0.25) is 0 Å². The number of hydrogen-bond acceptors (Lipinski definition) is 0. The van der Waals surface area contributed by atoms with Gasteiger partial charge in [-0.15, -0.1) is 48.8 Å². The predicted octanol–water partition coefficient (Wildman–Crippen LogP) is -0.106. The minimum absolute atomic E-state index is 0. The van der Waals surface area contributed by atoms with E-state index in [9.17, 15) is 0 Å². The van der Waals surface area contributed by atoms with Crippen molar-refractivity contribution in [3.63, 3.8) is 0 Å². The van der Waals surface area contributed by atoms with Crippen molar-refractivity contribution < 1.29 is 17.1 Å². The fourth-order valence-electron chi connectivity index (χ4n) is 0. The van der Waals surface area contributed by atoms with Gasteiger partial charge < -0.3 is 0 Å². The fraction of sp³-hybridized carbons (Fsp3) is 0. The first-order valence-corrected chi connectivity index (χ1v) is 0. The van der Waals surface area contributed by atoms with Crippen LogP contribution in [-0.4, -0.2) is 75.3 Å². The standard InChI is InChI=1S/2ClH.Cu.HI.K.Sn.3H/h2*1H;;1H;;;;;. The van der Waals surface area contributed by atoms with Gasteiger partial charge in [0.25, 0.3) is 0 Å². The van der Waals surface area contributed by atoms with Gasteiger partial charge in [-0.05, 0) is 0 Å². The molecule has 0 nitrogen and oxygen atoms in total. The molecule has 0 atom stereocenters. The average Bonchev–Trinajstić information content (AvgIpc) is 0. The molecule has 0 heterocycles. The van der Waals surface area contributed by atoms with Gasteiger partial charge in [-0.3, -0.25) is 0 Å². The van der Waals surface area contributed by atoms with Gasteiger partial charge in [0.1, 0.15) is 0 Å². The molecule has 0 aromatic heterocycles. The quantitative estimate of drug-likeness (QED) is 0.376. The van der Waals surface area contributed by atoms with Crippen molar-refractivity contribution in [2.24, 2.45) is 0 Å². The maximum atomic E-state index is 0. The molecule has 6 heavy (non-hydrogen) atoms. The molecular formula is H6Cl2CuIKSn. The second kappa shape index (κ2) is 34.8. The van der Waals surface area contributed by atoms with Crippen LogP contribution in [0, 0.1) is 0 Å². The molecular weight excluding hydrogens is 419 g/mol. The summed E-state index contributed by atoms with van der Waals surface area (Å²) >= 11 is 0. The van der Waals surface area contributed by atoms with E-state index in [2.05, 4.69) is 0 Å². The van der Waals surface area contributed by atoms with E-state index < -0.39 is 0 Å². The Morgan fingerprint density at radius 1 is 0.833 bits per heavy atom. The van der Waals surface area contributed by atoms with E-state index in [1.807, 2.05) is 0 Å². The van der Waals surface area contributed by atoms with Crippen LogP contribution in [0.4, 0.5) is 0 Å². The number of hydrogen-bond donors (Lipinski definition) is 0. The molecule has 0 N–H and O–H groups in total. The summed E-state index contributed by atoms with van der Waals surface area (Å²) < 4.78 is 0. The third-order valence-corrected chi connectivity index (χ3v) is 0. The van der Waals surface area contributed by atoms with Crippen LogP contribution in [0.1, 0.15) is 0 Å². The van der Waals surface area contributed by atoms with Crippen LogP contribution in [0.25, 0.3) is 0 Å². The Morgan fingerprint density at radius 3 is 0.833 bits per heavy atom. The Balaban J connectivity index is 0. The summed E-state index contributed by atoms with van der Waals surface area (Å²) in [6.45, 7) is 0. The molecule has 0 saturated carbocycles. The topological polar surface area (TPSA) is 0 Å². The average molecular weight is 425 g/mol. The Morgan fingerprint density at radius 2 is 0.833 bits per heavy atom. The van der Waals surface area contributed by atoms with Crippen LogP contribution < -0.4 is 0 Å². The summed E-state index contributed by atoms with van der Waals surface area (Å²) in [5.41, 5.74) is 0. The van der Waals surface area contributed by atoms with E-state index in [-0.39, 0.29) is 141 Å². The summed E-state index contributed by atoms with van der Waals surface area (Å²) in [7, 11) is 0. The molecule has 0 aliphatic carbocycles. The summed E-state index contributed by atoms with van der Waals surface area (Å²) in [4.78, 5) is 0. The molecule has 0 fully saturated rings. The Hall–Kier alpha value is 4.26. The molecule has 0 saturated heterocycles. The van der Waals surface area contributed by atoms with E-state index in [0.29, 0.717) is 0 Å². The van der Waals surface area contributed by atoms with Crippen LogP contribution in [0.3, 0.4) is 0 Å². The molecule has 0 unspecified atom stereocenters. The fourth-order valence-corrected chi connectivity index (χ4v) is 0. The van der Waals surface area contributed by atoms with E-state index in [1.165, 1.54) is 0 Å². The maximum absolute atomic E-state index is 0. The van der Waals surface area contributed by atoms with Crippen molar-refractivity contribution in [1.82, 2.24) is 0 Å². The monoisotopic (exact) mass is 425 g/mol. The van der Waals surface area contributed by atoms with Gasteiger partial charge in [-0.25, -0.2) is 0 Å². The Kier molecular flexibility index (Phi) is 281. The van der Waals surface area contributed by atoms with Crippen molar-refractivity contribution >= 4 is 124 Å². The zero-order valence-electron chi connectivity index (χ0n) is 2.23. The van der Waals surface area contributed by atoms with E-state index in [4.69, 9.17) is 0 Å². The molecule has 0 aromatic rings. The van der Waals surface area contributed by atoms with Gasteiger partial charge in [-0.2, -0.15) is 0 Å². The first kappa shape index (κ1) is 48.4. The molecule has 0 aliphatic rings. The van der Waals surface area contributed by atoms with Crippen LogP contribution >= 0.6 is 48.8 Å². The zero-order chi connectivity index (χ0) is 0. The van der Waals surface area contributed by atoms with Gasteiger partial charge in [0.05, 0.1) is 0 Å². The normalized spacial score (nSPS) is 0. The SMILES string of the molecule is Cl.Cl.I.[Cu].[KH].[SnH2]. The molecule has 0 aromatic carbocycles. The molecule has 6 heteroatoms. The Labute approximate surface area is 137 Å². The second-order valence-corrected chi connectivity index (χ2v) is 0. The molecule has 0 amide bonds. The van der Waals surface area contributed by atoms with E-state index in [0.717, 1.165) is 0 Å². The minimum atomic E-state index is 0. The second-order valence-electron chi connectivity index (χ2n) is 0. The molecule has 0 spiro atoms. The van der Waals surface area contributed by atoms with E-state index in [1.54, 1.807) is 0 Å². The van der Waals surface area contributed by atoms with Crippen LogP contribution in [-0.2, 0) is 17.1 Å². The zero-order valence-corrected chi connectivity index (χ0v) is 11.2. The van der Waals surface area contributed by atoms with Crippen molar-refractivity contribution in [2.45, 2.75) is 0 Å². The van der Waals surface area contributed by atoms with Gasteiger partial charge >= 0.3 is 75.3 Å². The van der Waals surface area contributed by atoms with Crippen LogP contribution in [0.15, 0.2) is 0 Å². The van der Waals surface area contributed by atoms with Gasteiger partial charge in [0.15, 0.2) is 0 Å². The molecule has 0 rings (SSSR count). The van der Waals surface area contributed by atoms with Crippen molar-refractivity contribution in [3.8, 4) is 0 Å². The van der Waals surface area contributed by atoms with Gasteiger partial charge in [0, 0.05) is 17.1 Å². The summed E-state index contributed by atoms with van der Waals surface area (Å²) in [6.07, 6.45) is 0. The van der Waals surface area contributed by atoms with Crippen LogP contribution in [0.5, 0.6) is 0 Å². The van der Waals surface area contributed by atoms with E-state index >= 15 is 0 Å². The number of halogens is 3. The molecule has 3 radical (unpaired) electrons. The van der Waals surface area contributed by atoms with Crippen molar-refractivity contribution in [2.75, 3.05) is 0 Å². The molecule has 0 bridgehead atoms. The third kappa shape index (κ3) is 24.0. The van der Waals surface area contributed by atoms with Crippen LogP contribution in [0.2, 0.25) is 0 Å². The summed E-state index contributed by atoms with van der Waals surface area (Å²) in [5.74, 6) is 0. The van der Waals surface area contributed by atoms with Crippen molar-refractivity contribution in [3.05, 3.63) is 0 Å². The molecule has 43 valence electrons. The van der Waals surface area contributed by atoms with Crippen molar-refractivity contribution in [1.29, 1.82) is 0 Å². The molecule has 0 aliphatic heterocycles. The van der Waals surface area contributed by atoms with Gasteiger partial charge in [-0.1, -0.05) is 0 Å². The summed E-state index contributed by atoms with van der Waals surface area (Å²) in [6, 6.07) is 0. The third-order valence-electron chi connectivity index (χ3n) is 0. The number of rotatable bonds is 0. The predicted molar refractivity (Wildman–Crippen MR) is 45.6 cm³/mol.